The summed E-state index contributed by atoms with van der Waals surface area (Å²) >= 11 is 0. The van der Waals surface area contributed by atoms with E-state index in [0.717, 1.165) is 12.8 Å². The van der Waals surface area contributed by atoms with Crippen LogP contribution >= 0.6 is 0 Å². The Balaban J connectivity index is 2.18. The quantitative estimate of drug-likeness (QED) is 0.782. The SMILES string of the molecule is CC(C)(C)OC(=O)N1CCCC2(COC2)C1C(=O)O. The highest BCUT2D eigenvalue weighted by Crippen LogP contribution is 2.42. The minimum absolute atomic E-state index is 0.406. The lowest BCUT2D eigenvalue weighted by Crippen LogP contribution is -2.65. The van der Waals surface area contributed by atoms with Crippen molar-refractivity contribution in [3.8, 4) is 0 Å². The van der Waals surface area contributed by atoms with Crippen LogP contribution in [0.25, 0.3) is 0 Å². The number of carboxylic acid groups (broad SMARTS) is 1. The highest BCUT2D eigenvalue weighted by Gasteiger charge is 2.55. The minimum Gasteiger partial charge on any atom is -0.480 e. The van der Waals surface area contributed by atoms with Crippen molar-refractivity contribution in [1.29, 1.82) is 0 Å². The van der Waals surface area contributed by atoms with Crippen LogP contribution in [0.1, 0.15) is 33.6 Å². The Morgan fingerprint density at radius 3 is 2.42 bits per heavy atom. The Kier molecular flexibility index (Phi) is 3.47. The topological polar surface area (TPSA) is 76.1 Å². The molecule has 1 spiro atoms. The molecular formula is C13H21NO5. The van der Waals surface area contributed by atoms with E-state index >= 15 is 0 Å². The molecule has 2 saturated heterocycles. The van der Waals surface area contributed by atoms with Gasteiger partial charge in [-0.05, 0) is 33.6 Å². The number of piperidine rings is 1. The number of hydrogen-bond acceptors (Lipinski definition) is 4. The number of carbonyl (C=O) groups excluding carboxylic acids is 1. The number of rotatable bonds is 1. The molecule has 6 nitrogen and oxygen atoms in total. The van der Waals surface area contributed by atoms with Gasteiger partial charge in [0.1, 0.15) is 11.6 Å². The molecule has 0 aromatic heterocycles. The Hall–Kier alpha value is -1.30. The smallest absolute Gasteiger partial charge is 0.411 e. The number of hydrogen-bond donors (Lipinski definition) is 1. The molecule has 2 fully saturated rings. The van der Waals surface area contributed by atoms with Crippen LogP contribution in [0.5, 0.6) is 0 Å². The van der Waals surface area contributed by atoms with Crippen molar-refractivity contribution in [2.75, 3.05) is 19.8 Å². The number of aliphatic carboxylic acids is 1. The van der Waals surface area contributed by atoms with Gasteiger partial charge >= 0.3 is 12.1 Å². The van der Waals surface area contributed by atoms with E-state index in [2.05, 4.69) is 0 Å². The second-order valence-electron chi connectivity index (χ2n) is 6.37. The molecule has 2 rings (SSSR count). The van der Waals surface area contributed by atoms with Crippen LogP contribution in [-0.2, 0) is 14.3 Å². The van der Waals surface area contributed by atoms with Crippen LogP contribution in [0, 0.1) is 5.41 Å². The standard InChI is InChI=1S/C13H21NO5/c1-12(2,3)19-11(17)14-6-4-5-13(7-18-8-13)9(14)10(15)16/h9H,4-8H2,1-3H3,(H,15,16). The van der Waals surface area contributed by atoms with Gasteiger partial charge in [-0.3, -0.25) is 4.90 Å². The van der Waals surface area contributed by atoms with Gasteiger partial charge in [0, 0.05) is 12.0 Å². The number of carboxylic acids is 1. The van der Waals surface area contributed by atoms with Gasteiger partial charge in [-0.15, -0.1) is 0 Å². The molecule has 2 heterocycles. The lowest BCUT2D eigenvalue weighted by molar-refractivity contribution is -0.190. The van der Waals surface area contributed by atoms with Gasteiger partial charge in [-0.1, -0.05) is 0 Å². The lowest BCUT2D eigenvalue weighted by atomic mass is 9.71. The zero-order valence-corrected chi connectivity index (χ0v) is 11.6. The third-order valence-corrected chi connectivity index (χ3v) is 3.61. The van der Waals surface area contributed by atoms with Gasteiger partial charge in [0.05, 0.1) is 13.2 Å². The second kappa shape index (κ2) is 4.67. The summed E-state index contributed by atoms with van der Waals surface area (Å²) in [4.78, 5) is 25.0. The van der Waals surface area contributed by atoms with Gasteiger partial charge in [-0.25, -0.2) is 9.59 Å². The third-order valence-electron chi connectivity index (χ3n) is 3.61. The van der Waals surface area contributed by atoms with Gasteiger partial charge < -0.3 is 14.6 Å². The molecule has 108 valence electrons. The zero-order valence-electron chi connectivity index (χ0n) is 11.6. The molecule has 0 radical (unpaired) electrons. The van der Waals surface area contributed by atoms with Crippen molar-refractivity contribution in [2.24, 2.45) is 5.41 Å². The third kappa shape index (κ3) is 2.68. The van der Waals surface area contributed by atoms with Gasteiger partial charge in [0.25, 0.3) is 0 Å². The first-order valence-electron chi connectivity index (χ1n) is 6.55. The Morgan fingerprint density at radius 2 is 2.00 bits per heavy atom. The summed E-state index contributed by atoms with van der Waals surface area (Å²) in [6.07, 6.45) is 1.02. The highest BCUT2D eigenvalue weighted by atomic mass is 16.6. The molecular weight excluding hydrogens is 250 g/mol. The highest BCUT2D eigenvalue weighted by molar-refractivity contribution is 5.81. The summed E-state index contributed by atoms with van der Waals surface area (Å²) in [5.74, 6) is -0.978. The first-order chi connectivity index (χ1) is 8.75. The van der Waals surface area contributed by atoms with Crippen LogP contribution in [0.2, 0.25) is 0 Å². The van der Waals surface area contributed by atoms with Gasteiger partial charge in [0.2, 0.25) is 0 Å². The molecule has 0 aromatic rings. The maximum atomic E-state index is 12.2. The largest absolute Gasteiger partial charge is 0.480 e. The van der Waals surface area contributed by atoms with E-state index in [1.54, 1.807) is 20.8 Å². The minimum atomic E-state index is -0.978. The summed E-state index contributed by atoms with van der Waals surface area (Å²) in [6.45, 7) is 6.55. The number of likely N-dealkylation sites (tertiary alicyclic amines) is 1. The second-order valence-corrected chi connectivity index (χ2v) is 6.37. The molecule has 19 heavy (non-hydrogen) atoms. The average molecular weight is 271 g/mol. The van der Waals surface area contributed by atoms with Crippen LogP contribution in [0.4, 0.5) is 4.79 Å². The first-order valence-corrected chi connectivity index (χ1v) is 6.55. The Labute approximate surface area is 112 Å². The monoisotopic (exact) mass is 271 g/mol. The molecule has 1 amide bonds. The summed E-state index contributed by atoms with van der Waals surface area (Å²) in [6, 6.07) is -0.843. The van der Waals surface area contributed by atoms with Crippen molar-refractivity contribution in [3.63, 3.8) is 0 Å². The van der Waals surface area contributed by atoms with E-state index in [4.69, 9.17) is 9.47 Å². The lowest BCUT2D eigenvalue weighted by Gasteiger charge is -2.52. The number of ether oxygens (including phenoxy) is 2. The maximum Gasteiger partial charge on any atom is 0.411 e. The van der Waals surface area contributed by atoms with E-state index in [1.807, 2.05) is 0 Å². The van der Waals surface area contributed by atoms with Crippen LogP contribution in [0.15, 0.2) is 0 Å². The number of nitrogens with zero attached hydrogens (tertiary/aromatic N) is 1. The van der Waals surface area contributed by atoms with Crippen LogP contribution < -0.4 is 0 Å². The first kappa shape index (κ1) is 14.1. The molecule has 0 aromatic carbocycles. The molecule has 1 N–H and O–H groups in total. The molecule has 1 atom stereocenters. The van der Waals surface area contributed by atoms with Crippen molar-refractivity contribution in [1.82, 2.24) is 4.90 Å². The summed E-state index contributed by atoms with van der Waals surface area (Å²) in [5, 5.41) is 9.45. The molecule has 6 heteroatoms. The van der Waals surface area contributed by atoms with Crippen molar-refractivity contribution < 1.29 is 24.2 Å². The average Bonchev–Trinajstić information content (AvgIpc) is 2.23. The summed E-state index contributed by atoms with van der Waals surface area (Å²) < 4.78 is 10.5. The Morgan fingerprint density at radius 1 is 1.37 bits per heavy atom. The normalized spacial score (nSPS) is 25.8. The fourth-order valence-corrected chi connectivity index (χ4v) is 2.78. The molecule has 0 saturated carbocycles. The Bertz CT molecular complexity index is 383. The van der Waals surface area contributed by atoms with Gasteiger partial charge in [0.15, 0.2) is 0 Å². The summed E-state index contributed by atoms with van der Waals surface area (Å²) in [5.41, 5.74) is -1.05. The van der Waals surface area contributed by atoms with Crippen LogP contribution in [-0.4, -0.2) is 53.5 Å². The van der Waals surface area contributed by atoms with E-state index in [-0.39, 0.29) is 0 Å². The zero-order chi connectivity index (χ0) is 14.3. The molecule has 2 aliphatic heterocycles. The van der Waals surface area contributed by atoms with Crippen molar-refractivity contribution in [2.45, 2.75) is 45.3 Å². The van der Waals surface area contributed by atoms with Crippen molar-refractivity contribution in [3.05, 3.63) is 0 Å². The van der Waals surface area contributed by atoms with Crippen molar-refractivity contribution >= 4 is 12.1 Å². The van der Waals surface area contributed by atoms with Gasteiger partial charge in [-0.2, -0.15) is 0 Å². The van der Waals surface area contributed by atoms with E-state index < -0.39 is 29.1 Å². The molecule has 0 aliphatic carbocycles. The van der Waals surface area contributed by atoms with E-state index in [0.29, 0.717) is 19.8 Å². The fourth-order valence-electron chi connectivity index (χ4n) is 2.78. The van der Waals surface area contributed by atoms with E-state index in [9.17, 15) is 14.7 Å². The molecule has 1 unspecified atom stereocenters. The fraction of sp³-hybridized carbons (Fsp3) is 0.846. The maximum absolute atomic E-state index is 12.2. The molecule has 2 aliphatic rings. The number of amides is 1. The predicted molar refractivity (Wildman–Crippen MR) is 66.8 cm³/mol. The van der Waals surface area contributed by atoms with Crippen LogP contribution in [0.3, 0.4) is 0 Å². The van der Waals surface area contributed by atoms with E-state index in [1.165, 1.54) is 4.90 Å². The molecule has 0 bridgehead atoms. The number of carbonyl (C=O) groups is 2. The predicted octanol–water partition coefficient (Wildman–Crippen LogP) is 1.49. The summed E-state index contributed by atoms with van der Waals surface area (Å²) in [7, 11) is 0.